The molecule has 6 rings (SSSR count). The molecule has 1 N–H and O–H groups in total. The number of benzene rings is 2. The summed E-state index contributed by atoms with van der Waals surface area (Å²) < 4.78 is 12.2. The minimum atomic E-state index is -1.40. The van der Waals surface area contributed by atoms with Crippen molar-refractivity contribution in [1.29, 1.82) is 0 Å². The fourth-order valence-corrected chi connectivity index (χ4v) is 6.84. The second kappa shape index (κ2) is 9.77. The molecule has 6 atom stereocenters. The standard InChI is InChI=1S/C31H32N2O6/c1-19-10-8-11-20(2)26(19)32-16-9-15-31-25(24-23(39-31)14-6-7-17-38-30(24)37)28(35)33(27(31)29(32)36)22(18-34)21-12-4-3-5-13-21/h3-6,8-15,22-25,27,34H,7,16-18H2,1-2H3/t22-,23-,24+,25+,27?,31+/m1/s1. The predicted octanol–water partition coefficient (Wildman–Crippen LogP) is 3.02. The van der Waals surface area contributed by atoms with Crippen LogP contribution in [0, 0.1) is 25.7 Å². The molecule has 0 aliphatic carbocycles. The number of hydrogen-bond donors (Lipinski definition) is 1. The first-order valence-electron chi connectivity index (χ1n) is 13.4. The number of carbonyl (C=O) groups is 3. The van der Waals surface area contributed by atoms with Gasteiger partial charge in [0, 0.05) is 12.2 Å². The van der Waals surface area contributed by atoms with E-state index in [0.29, 0.717) is 12.0 Å². The number of rotatable bonds is 4. The van der Waals surface area contributed by atoms with Crippen LogP contribution in [0.15, 0.2) is 72.8 Å². The number of aliphatic hydroxyl groups is 1. The highest BCUT2D eigenvalue weighted by atomic mass is 16.6. The van der Waals surface area contributed by atoms with Crippen LogP contribution in [-0.4, -0.2) is 65.3 Å². The molecule has 2 fully saturated rings. The zero-order valence-corrected chi connectivity index (χ0v) is 22.0. The van der Waals surface area contributed by atoms with Gasteiger partial charge in [-0.3, -0.25) is 14.4 Å². The summed E-state index contributed by atoms with van der Waals surface area (Å²) in [6.45, 7) is 4.02. The van der Waals surface area contributed by atoms with Gasteiger partial charge >= 0.3 is 5.97 Å². The molecule has 0 aromatic heterocycles. The van der Waals surface area contributed by atoms with Crippen molar-refractivity contribution in [3.63, 3.8) is 0 Å². The van der Waals surface area contributed by atoms with E-state index in [0.717, 1.165) is 16.8 Å². The molecule has 2 aromatic carbocycles. The van der Waals surface area contributed by atoms with Gasteiger partial charge in [0.2, 0.25) is 5.91 Å². The number of cyclic esters (lactones) is 1. The van der Waals surface area contributed by atoms with Gasteiger partial charge in [0.1, 0.15) is 17.6 Å². The quantitative estimate of drug-likeness (QED) is 0.484. The van der Waals surface area contributed by atoms with Crippen LogP contribution in [0.5, 0.6) is 0 Å². The van der Waals surface area contributed by atoms with Gasteiger partial charge in [-0.2, -0.15) is 0 Å². The number of nitrogens with zero attached hydrogens (tertiary/aromatic N) is 2. The van der Waals surface area contributed by atoms with E-state index in [1.165, 1.54) is 4.90 Å². The van der Waals surface area contributed by atoms with Gasteiger partial charge in [-0.05, 0) is 37.0 Å². The number of fused-ring (bicyclic) bond motifs is 2. The van der Waals surface area contributed by atoms with E-state index >= 15 is 0 Å². The molecule has 8 heteroatoms. The van der Waals surface area contributed by atoms with Crippen LogP contribution in [0.4, 0.5) is 5.69 Å². The minimum absolute atomic E-state index is 0.220. The maximum Gasteiger partial charge on any atom is 0.312 e. The summed E-state index contributed by atoms with van der Waals surface area (Å²) in [5.41, 5.74) is 1.94. The third-order valence-electron chi connectivity index (χ3n) is 8.46. The van der Waals surface area contributed by atoms with Crippen LogP contribution >= 0.6 is 0 Å². The Hall–Kier alpha value is -3.75. The summed E-state index contributed by atoms with van der Waals surface area (Å²) in [7, 11) is 0. The molecule has 1 spiro atoms. The summed E-state index contributed by atoms with van der Waals surface area (Å²) in [4.78, 5) is 45.6. The average Bonchev–Trinajstić information content (AvgIpc) is 3.30. The van der Waals surface area contributed by atoms with E-state index in [4.69, 9.17) is 9.47 Å². The largest absolute Gasteiger partial charge is 0.465 e. The van der Waals surface area contributed by atoms with Gasteiger partial charge < -0.3 is 24.4 Å². The molecule has 0 radical (unpaired) electrons. The van der Waals surface area contributed by atoms with Crippen molar-refractivity contribution in [2.45, 2.75) is 44.1 Å². The molecule has 4 aliphatic heterocycles. The second-order valence-corrected chi connectivity index (χ2v) is 10.7. The topological polar surface area (TPSA) is 96.4 Å². The minimum Gasteiger partial charge on any atom is -0.465 e. The normalized spacial score (nSPS) is 30.7. The summed E-state index contributed by atoms with van der Waals surface area (Å²) in [6, 6.07) is 13.1. The number of likely N-dealkylation sites (tertiary alicyclic amines) is 1. The number of para-hydroxylation sites is 1. The van der Waals surface area contributed by atoms with E-state index in [-0.39, 0.29) is 19.1 Å². The van der Waals surface area contributed by atoms with Gasteiger partial charge in [-0.25, -0.2) is 0 Å². The van der Waals surface area contributed by atoms with E-state index in [9.17, 15) is 19.5 Å². The van der Waals surface area contributed by atoms with Gasteiger partial charge in [-0.1, -0.05) is 72.8 Å². The number of ether oxygens (including phenoxy) is 2. The molecule has 2 amide bonds. The number of amides is 2. The SMILES string of the molecule is Cc1cccc(C)c1N1CC=C[C@]23O[C@@H]4C=CCCOC(=O)[C@@H]4[C@H]2C(=O)N([C@H](CO)c2ccccc2)C3C1=O. The Bertz CT molecular complexity index is 1350. The van der Waals surface area contributed by atoms with E-state index in [2.05, 4.69) is 0 Å². The number of aliphatic hydroxyl groups excluding tert-OH is 1. The summed E-state index contributed by atoms with van der Waals surface area (Å²) in [6.07, 6.45) is 7.22. The molecular weight excluding hydrogens is 496 g/mol. The van der Waals surface area contributed by atoms with Crippen LogP contribution in [0.25, 0.3) is 0 Å². The third-order valence-corrected chi connectivity index (χ3v) is 8.46. The highest BCUT2D eigenvalue weighted by Crippen LogP contribution is 2.55. The van der Waals surface area contributed by atoms with Crippen LogP contribution in [-0.2, 0) is 23.9 Å². The highest BCUT2D eigenvalue weighted by Gasteiger charge is 2.72. The lowest BCUT2D eigenvalue weighted by Gasteiger charge is -2.39. The maximum absolute atomic E-state index is 14.7. The lowest BCUT2D eigenvalue weighted by atomic mass is 9.77. The van der Waals surface area contributed by atoms with Crippen molar-refractivity contribution in [2.75, 3.05) is 24.7 Å². The molecule has 4 heterocycles. The predicted molar refractivity (Wildman–Crippen MR) is 144 cm³/mol. The second-order valence-electron chi connectivity index (χ2n) is 10.7. The van der Waals surface area contributed by atoms with Crippen LogP contribution in [0.2, 0.25) is 0 Å². The van der Waals surface area contributed by atoms with Crippen LogP contribution in [0.3, 0.4) is 0 Å². The Kier molecular flexibility index (Phi) is 6.40. The molecule has 4 aliphatic rings. The van der Waals surface area contributed by atoms with E-state index in [1.807, 2.05) is 80.6 Å². The van der Waals surface area contributed by atoms with Crippen LogP contribution in [0.1, 0.15) is 29.2 Å². The molecule has 2 aromatic rings. The molecule has 202 valence electrons. The Morgan fingerprint density at radius 3 is 2.46 bits per heavy atom. The summed E-state index contributed by atoms with van der Waals surface area (Å²) in [5.74, 6) is -3.09. The van der Waals surface area contributed by atoms with Crippen molar-refractivity contribution in [2.24, 2.45) is 11.8 Å². The molecule has 1 unspecified atom stereocenters. The third kappa shape index (κ3) is 3.85. The van der Waals surface area contributed by atoms with Crippen molar-refractivity contribution >= 4 is 23.5 Å². The first-order chi connectivity index (χ1) is 18.9. The van der Waals surface area contributed by atoms with Gasteiger partial charge in [-0.15, -0.1) is 0 Å². The number of esters is 1. The smallest absolute Gasteiger partial charge is 0.312 e. The van der Waals surface area contributed by atoms with E-state index in [1.54, 1.807) is 11.0 Å². The Labute approximate surface area is 227 Å². The highest BCUT2D eigenvalue weighted by molar-refractivity contribution is 6.06. The Morgan fingerprint density at radius 2 is 1.74 bits per heavy atom. The van der Waals surface area contributed by atoms with Gasteiger partial charge in [0.25, 0.3) is 5.91 Å². The number of aryl methyl sites for hydroxylation is 2. The van der Waals surface area contributed by atoms with Gasteiger partial charge in [0.15, 0.2) is 0 Å². The van der Waals surface area contributed by atoms with Crippen molar-refractivity contribution in [1.82, 2.24) is 4.90 Å². The van der Waals surface area contributed by atoms with Crippen molar-refractivity contribution in [3.05, 3.63) is 89.5 Å². The van der Waals surface area contributed by atoms with Crippen molar-refractivity contribution < 1.29 is 29.0 Å². The average molecular weight is 529 g/mol. The monoisotopic (exact) mass is 528 g/mol. The first-order valence-corrected chi connectivity index (χ1v) is 13.4. The molecule has 0 bridgehead atoms. The van der Waals surface area contributed by atoms with E-state index < -0.39 is 54.1 Å². The molecule has 39 heavy (non-hydrogen) atoms. The molecule has 2 saturated heterocycles. The fraction of sp³-hybridized carbons (Fsp3) is 0.387. The number of hydrogen-bond acceptors (Lipinski definition) is 6. The lowest BCUT2D eigenvalue weighted by Crippen LogP contribution is -2.56. The molecule has 0 saturated carbocycles. The molecular formula is C31H32N2O6. The number of carbonyl (C=O) groups excluding carboxylic acids is 3. The van der Waals surface area contributed by atoms with Crippen molar-refractivity contribution in [3.8, 4) is 0 Å². The Balaban J connectivity index is 1.54. The van der Waals surface area contributed by atoms with Gasteiger partial charge in [0.05, 0.1) is 31.3 Å². The summed E-state index contributed by atoms with van der Waals surface area (Å²) >= 11 is 0. The fourth-order valence-electron chi connectivity index (χ4n) is 6.84. The van der Waals surface area contributed by atoms with Crippen LogP contribution < -0.4 is 4.90 Å². The molecule has 8 nitrogen and oxygen atoms in total. The zero-order chi connectivity index (χ0) is 27.3. The number of anilines is 1. The Morgan fingerprint density at radius 1 is 1.00 bits per heavy atom. The maximum atomic E-state index is 14.7. The first kappa shape index (κ1) is 25.5. The summed E-state index contributed by atoms with van der Waals surface area (Å²) in [5, 5.41) is 10.6. The lowest BCUT2D eigenvalue weighted by molar-refractivity contribution is -0.155. The zero-order valence-electron chi connectivity index (χ0n) is 22.0.